The number of nitrogens with two attached hydrogens (primary N) is 1. The number of pyridine rings is 1. The zero-order valence-electron chi connectivity index (χ0n) is 19.3. The van der Waals surface area contributed by atoms with Gasteiger partial charge >= 0.3 is 6.18 Å². The minimum Gasteiger partial charge on any atom is -0.383 e. The van der Waals surface area contributed by atoms with Gasteiger partial charge in [0.1, 0.15) is 29.5 Å². The molecule has 0 unspecified atom stereocenters. The highest BCUT2D eigenvalue weighted by molar-refractivity contribution is 6.16. The van der Waals surface area contributed by atoms with Gasteiger partial charge < -0.3 is 20.5 Å². The van der Waals surface area contributed by atoms with Crippen molar-refractivity contribution in [1.29, 1.82) is 0 Å². The summed E-state index contributed by atoms with van der Waals surface area (Å²) in [4.78, 5) is 23.3. The van der Waals surface area contributed by atoms with Gasteiger partial charge in [-0.15, -0.1) is 0 Å². The van der Waals surface area contributed by atoms with Gasteiger partial charge in [0, 0.05) is 50.1 Å². The Bertz CT molecular complexity index is 1240. The van der Waals surface area contributed by atoms with Crippen molar-refractivity contribution in [2.75, 3.05) is 43.9 Å². The average Bonchev–Trinajstić information content (AvgIpc) is 3.60. The lowest BCUT2D eigenvalue weighted by Gasteiger charge is -2.33. The van der Waals surface area contributed by atoms with Gasteiger partial charge in [0.05, 0.1) is 23.5 Å². The summed E-state index contributed by atoms with van der Waals surface area (Å²) in [6.07, 6.45) is 1.65. The van der Waals surface area contributed by atoms with Gasteiger partial charge in [-0.2, -0.15) is 13.2 Å². The van der Waals surface area contributed by atoms with Crippen LogP contribution in [-0.2, 0) is 12.7 Å². The SMILES string of the molecule is CNCCn1cc(-c2ccnc(C(F)(F)F)c2)nc1C1CCN(c2ncnc(N)c2C2=NC2)CC1. The molecule has 0 aromatic carbocycles. The molecule has 0 bridgehead atoms. The van der Waals surface area contributed by atoms with Crippen molar-refractivity contribution in [3.63, 3.8) is 0 Å². The molecule has 1 saturated heterocycles. The van der Waals surface area contributed by atoms with E-state index in [9.17, 15) is 13.2 Å². The second kappa shape index (κ2) is 9.25. The second-order valence-corrected chi connectivity index (χ2v) is 8.69. The smallest absolute Gasteiger partial charge is 0.383 e. The molecule has 1 fully saturated rings. The third kappa shape index (κ3) is 4.83. The number of aliphatic imine (C=N–C) groups is 1. The van der Waals surface area contributed by atoms with Gasteiger partial charge in [-0.3, -0.25) is 9.98 Å². The van der Waals surface area contributed by atoms with E-state index in [-0.39, 0.29) is 5.92 Å². The van der Waals surface area contributed by atoms with Crippen LogP contribution in [0.2, 0.25) is 0 Å². The quantitative estimate of drug-likeness (QED) is 0.530. The number of nitrogen functional groups attached to an aromatic ring is 1. The van der Waals surface area contributed by atoms with Gasteiger partial charge in [0.15, 0.2) is 0 Å². The zero-order valence-corrected chi connectivity index (χ0v) is 19.3. The number of halogens is 3. The van der Waals surface area contributed by atoms with Gasteiger partial charge in [-0.25, -0.2) is 15.0 Å². The van der Waals surface area contributed by atoms with Crippen LogP contribution in [-0.4, -0.2) is 63.4 Å². The number of hydrogen-bond acceptors (Lipinski definition) is 8. The standard InChI is InChI=1S/C23H26F3N9/c1-28-6-9-35-12-17(15-2-5-29-18(10-15)23(24,25)26)33-21(35)14-3-7-34(8-4-14)22-19(16-11-30-16)20(27)31-13-32-22/h2,5,10,12-14,28H,3-4,6-9,11H2,1H3,(H2,27,31,32). The number of imidazole rings is 1. The molecule has 12 heteroatoms. The lowest BCUT2D eigenvalue weighted by Crippen LogP contribution is -2.35. The molecule has 0 aliphatic carbocycles. The zero-order chi connectivity index (χ0) is 24.6. The van der Waals surface area contributed by atoms with Crippen molar-refractivity contribution < 1.29 is 13.2 Å². The Labute approximate surface area is 200 Å². The fourth-order valence-corrected chi connectivity index (χ4v) is 4.50. The molecule has 184 valence electrons. The molecule has 2 aliphatic heterocycles. The van der Waals surface area contributed by atoms with E-state index in [2.05, 4.69) is 30.2 Å². The highest BCUT2D eigenvalue weighted by Crippen LogP contribution is 2.35. The minimum atomic E-state index is -4.50. The lowest BCUT2D eigenvalue weighted by molar-refractivity contribution is -0.141. The van der Waals surface area contributed by atoms with Crippen LogP contribution in [0.3, 0.4) is 0 Å². The van der Waals surface area contributed by atoms with Crippen molar-refractivity contribution in [1.82, 2.24) is 29.8 Å². The normalized spacial score (nSPS) is 16.5. The summed E-state index contributed by atoms with van der Waals surface area (Å²) in [7, 11) is 1.86. The van der Waals surface area contributed by atoms with Gasteiger partial charge in [-0.05, 0) is 32.0 Å². The third-order valence-electron chi connectivity index (χ3n) is 6.38. The molecule has 5 rings (SSSR count). The Morgan fingerprint density at radius 1 is 1.17 bits per heavy atom. The maximum atomic E-state index is 13.2. The molecule has 0 atom stereocenters. The van der Waals surface area contributed by atoms with Crippen LogP contribution in [0.4, 0.5) is 24.8 Å². The fourth-order valence-electron chi connectivity index (χ4n) is 4.50. The first-order valence-corrected chi connectivity index (χ1v) is 11.5. The molecule has 3 aromatic rings. The molecule has 0 amide bonds. The van der Waals surface area contributed by atoms with Crippen molar-refractivity contribution in [3.8, 4) is 11.3 Å². The number of aromatic nitrogens is 5. The summed E-state index contributed by atoms with van der Waals surface area (Å²) < 4.78 is 41.6. The molecule has 5 heterocycles. The number of rotatable bonds is 7. The van der Waals surface area contributed by atoms with E-state index in [0.717, 1.165) is 61.5 Å². The van der Waals surface area contributed by atoms with Gasteiger partial charge in [-0.1, -0.05) is 0 Å². The molecular weight excluding hydrogens is 459 g/mol. The summed E-state index contributed by atoms with van der Waals surface area (Å²) in [6.45, 7) is 3.56. The molecule has 35 heavy (non-hydrogen) atoms. The van der Waals surface area contributed by atoms with Crippen LogP contribution in [0, 0.1) is 0 Å². The summed E-state index contributed by atoms with van der Waals surface area (Å²) in [6, 6.07) is 2.62. The number of likely N-dealkylation sites (N-methyl/N-ethyl adjacent to an activating group) is 1. The predicted molar refractivity (Wildman–Crippen MR) is 126 cm³/mol. The van der Waals surface area contributed by atoms with Crippen LogP contribution in [0.1, 0.15) is 35.8 Å². The molecule has 0 spiro atoms. The summed E-state index contributed by atoms with van der Waals surface area (Å²) in [5.41, 5.74) is 7.85. The Morgan fingerprint density at radius 2 is 1.94 bits per heavy atom. The first kappa shape index (κ1) is 23.2. The van der Waals surface area contributed by atoms with Crippen LogP contribution >= 0.6 is 0 Å². The molecule has 0 saturated carbocycles. The number of alkyl halides is 3. The van der Waals surface area contributed by atoms with E-state index in [1.54, 1.807) is 6.07 Å². The Balaban J connectivity index is 1.38. The predicted octanol–water partition coefficient (Wildman–Crippen LogP) is 2.74. The van der Waals surface area contributed by atoms with Crippen molar-refractivity contribution in [2.45, 2.75) is 31.5 Å². The Kier molecular flexibility index (Phi) is 6.13. The maximum Gasteiger partial charge on any atom is 0.433 e. The van der Waals surface area contributed by atoms with E-state index in [0.29, 0.717) is 30.2 Å². The number of nitrogens with one attached hydrogen (secondary N) is 1. The van der Waals surface area contributed by atoms with E-state index >= 15 is 0 Å². The second-order valence-electron chi connectivity index (χ2n) is 8.69. The van der Waals surface area contributed by atoms with Crippen molar-refractivity contribution in [3.05, 3.63) is 47.9 Å². The van der Waals surface area contributed by atoms with E-state index < -0.39 is 11.9 Å². The van der Waals surface area contributed by atoms with E-state index in [1.165, 1.54) is 12.5 Å². The van der Waals surface area contributed by atoms with Crippen LogP contribution in [0.5, 0.6) is 0 Å². The van der Waals surface area contributed by atoms with Crippen molar-refractivity contribution >= 4 is 17.3 Å². The van der Waals surface area contributed by atoms with Crippen LogP contribution in [0.15, 0.2) is 35.8 Å². The molecule has 2 aliphatic rings. The molecule has 0 radical (unpaired) electrons. The van der Waals surface area contributed by atoms with E-state index in [1.807, 2.05) is 17.8 Å². The van der Waals surface area contributed by atoms with Gasteiger partial charge in [0.25, 0.3) is 0 Å². The Hall–Kier alpha value is -3.54. The number of hydrogen-bond donors (Lipinski definition) is 2. The van der Waals surface area contributed by atoms with E-state index in [4.69, 9.17) is 10.7 Å². The average molecular weight is 486 g/mol. The van der Waals surface area contributed by atoms with Gasteiger partial charge in [0.2, 0.25) is 0 Å². The largest absolute Gasteiger partial charge is 0.433 e. The minimum absolute atomic E-state index is 0.168. The molecule has 3 N–H and O–H groups in total. The highest BCUT2D eigenvalue weighted by Gasteiger charge is 2.33. The molecule has 3 aromatic heterocycles. The molecular formula is C23H26F3N9. The first-order valence-electron chi connectivity index (χ1n) is 11.5. The summed E-state index contributed by atoms with van der Waals surface area (Å²) >= 11 is 0. The highest BCUT2D eigenvalue weighted by atomic mass is 19.4. The van der Waals surface area contributed by atoms with Crippen molar-refractivity contribution in [2.24, 2.45) is 4.99 Å². The number of piperidine rings is 1. The number of anilines is 2. The van der Waals surface area contributed by atoms with Crippen LogP contribution < -0.4 is 16.0 Å². The maximum absolute atomic E-state index is 13.2. The van der Waals surface area contributed by atoms with Crippen LogP contribution in [0.25, 0.3) is 11.3 Å². The number of nitrogens with zero attached hydrogens (tertiary/aromatic N) is 7. The first-order chi connectivity index (χ1) is 16.8. The molecule has 9 nitrogen and oxygen atoms in total. The fraction of sp³-hybridized carbons (Fsp3) is 0.435. The monoisotopic (exact) mass is 485 g/mol. The lowest BCUT2D eigenvalue weighted by atomic mass is 9.95. The summed E-state index contributed by atoms with van der Waals surface area (Å²) in [5.74, 6) is 2.30. The summed E-state index contributed by atoms with van der Waals surface area (Å²) in [5, 5.41) is 3.13. The Morgan fingerprint density at radius 3 is 2.63 bits per heavy atom. The third-order valence-corrected chi connectivity index (χ3v) is 6.38. The topological polar surface area (TPSA) is 110 Å².